The maximum Gasteiger partial charge on any atom is 0.303 e. The molecule has 188 valence electrons. The summed E-state index contributed by atoms with van der Waals surface area (Å²) in [4.78, 5) is 11.3. The molecule has 0 fully saturated rings. The van der Waals surface area contributed by atoms with Crippen molar-refractivity contribution in [3.63, 3.8) is 0 Å². The summed E-state index contributed by atoms with van der Waals surface area (Å²) in [7, 11) is -3.98. The van der Waals surface area contributed by atoms with Crippen LogP contribution in [0.2, 0.25) is 10.0 Å². The Balaban J connectivity index is 1.51. The lowest BCUT2D eigenvalue weighted by Gasteiger charge is -2.10. The summed E-state index contributed by atoms with van der Waals surface area (Å²) in [5, 5.41) is 14.7. The fraction of sp³-hybridized carbons (Fsp3) is 0.0741. The van der Waals surface area contributed by atoms with E-state index in [0.717, 1.165) is 11.1 Å². The first-order chi connectivity index (χ1) is 17.7. The van der Waals surface area contributed by atoms with Crippen LogP contribution in [0.4, 0.5) is 0 Å². The van der Waals surface area contributed by atoms with Crippen molar-refractivity contribution < 1.29 is 23.1 Å². The molecular weight excluding hydrogens is 553 g/mol. The normalized spacial score (nSPS) is 11.6. The molecule has 6 nitrogen and oxygen atoms in total. The topological polar surface area (TPSA) is 85.6 Å². The van der Waals surface area contributed by atoms with E-state index in [2.05, 4.69) is 0 Å². The van der Waals surface area contributed by atoms with Crippen LogP contribution in [-0.4, -0.2) is 23.5 Å². The molecule has 2 aromatic heterocycles. The van der Waals surface area contributed by atoms with Crippen LogP contribution in [0, 0.1) is 0 Å². The third-order valence-corrected chi connectivity index (χ3v) is 8.58. The molecule has 5 aromatic rings. The number of halogens is 2. The van der Waals surface area contributed by atoms with E-state index >= 15 is 0 Å². The van der Waals surface area contributed by atoms with Crippen molar-refractivity contribution in [3.8, 4) is 22.6 Å². The Hall–Kier alpha value is -3.30. The van der Waals surface area contributed by atoms with Gasteiger partial charge in [0.1, 0.15) is 11.5 Å². The zero-order valence-corrected chi connectivity index (χ0v) is 22.2. The second kappa shape index (κ2) is 10.2. The van der Waals surface area contributed by atoms with Gasteiger partial charge in [0.25, 0.3) is 10.0 Å². The molecule has 0 atom stereocenters. The predicted octanol–water partition coefficient (Wildman–Crippen LogP) is 7.72. The zero-order valence-electron chi connectivity index (χ0n) is 19.1. The summed E-state index contributed by atoms with van der Waals surface area (Å²) in [5.41, 5.74) is 3.08. The molecule has 2 heterocycles. The number of hydrogen-bond donors (Lipinski definition) is 1. The Labute approximate surface area is 227 Å². The third kappa shape index (κ3) is 5.38. The quantitative estimate of drug-likeness (QED) is 0.206. The number of carbonyl (C=O) groups is 1. The van der Waals surface area contributed by atoms with E-state index in [-0.39, 0.29) is 17.7 Å². The number of hydrogen-bond acceptors (Lipinski definition) is 5. The second-order valence-electron chi connectivity index (χ2n) is 8.27. The van der Waals surface area contributed by atoms with Crippen molar-refractivity contribution in [2.24, 2.45) is 0 Å². The average molecular weight is 572 g/mol. The van der Waals surface area contributed by atoms with Crippen molar-refractivity contribution in [1.29, 1.82) is 0 Å². The maximum atomic E-state index is 13.6. The number of benzene rings is 3. The highest BCUT2D eigenvalue weighted by Gasteiger charge is 2.22. The summed E-state index contributed by atoms with van der Waals surface area (Å²) in [6, 6.07) is 18.3. The highest BCUT2D eigenvalue weighted by Crippen LogP contribution is 2.33. The number of fused-ring (bicyclic) bond motifs is 1. The Morgan fingerprint density at radius 2 is 1.65 bits per heavy atom. The van der Waals surface area contributed by atoms with Crippen LogP contribution in [0.5, 0.6) is 11.5 Å². The van der Waals surface area contributed by atoms with Crippen LogP contribution in [0.1, 0.15) is 12.0 Å². The van der Waals surface area contributed by atoms with E-state index in [1.54, 1.807) is 47.7 Å². The van der Waals surface area contributed by atoms with Gasteiger partial charge in [-0.15, -0.1) is 0 Å². The molecule has 1 N–H and O–H groups in total. The van der Waals surface area contributed by atoms with Crippen LogP contribution >= 0.6 is 34.5 Å². The molecule has 5 rings (SSSR count). The molecule has 0 saturated heterocycles. The van der Waals surface area contributed by atoms with Crippen LogP contribution < -0.4 is 4.74 Å². The van der Waals surface area contributed by atoms with E-state index in [1.165, 1.54) is 22.3 Å². The predicted molar refractivity (Wildman–Crippen MR) is 147 cm³/mol. The molecule has 0 amide bonds. The number of ether oxygens (including phenoxy) is 1. The monoisotopic (exact) mass is 571 g/mol. The van der Waals surface area contributed by atoms with Gasteiger partial charge in [-0.25, -0.2) is 12.4 Å². The van der Waals surface area contributed by atoms with Crippen molar-refractivity contribution in [1.82, 2.24) is 3.97 Å². The average Bonchev–Trinajstić information content (AvgIpc) is 3.51. The first-order valence-corrected chi connectivity index (χ1v) is 14.2. The number of aliphatic carboxylic acids is 1. The molecule has 0 unspecified atom stereocenters. The lowest BCUT2D eigenvalue weighted by molar-refractivity contribution is -0.136. The molecule has 3 aromatic carbocycles. The molecular formula is C27H19Cl2NO5S2. The fourth-order valence-electron chi connectivity index (χ4n) is 4.03. The van der Waals surface area contributed by atoms with E-state index in [4.69, 9.17) is 27.9 Å². The van der Waals surface area contributed by atoms with Gasteiger partial charge in [-0.3, -0.25) is 4.79 Å². The van der Waals surface area contributed by atoms with Crippen molar-refractivity contribution in [2.75, 3.05) is 0 Å². The number of nitrogens with zero attached hydrogens (tertiary/aromatic N) is 1. The van der Waals surface area contributed by atoms with E-state index in [0.29, 0.717) is 38.0 Å². The second-order valence-corrected chi connectivity index (χ2v) is 11.7. The molecule has 0 aliphatic rings. The number of carboxylic acid groups (broad SMARTS) is 1. The van der Waals surface area contributed by atoms with E-state index in [9.17, 15) is 18.3 Å². The summed E-state index contributed by atoms with van der Waals surface area (Å²) < 4.78 is 34.3. The van der Waals surface area contributed by atoms with Gasteiger partial charge in [0.05, 0.1) is 10.4 Å². The Morgan fingerprint density at radius 3 is 2.30 bits per heavy atom. The number of rotatable bonds is 8. The first-order valence-electron chi connectivity index (χ1n) is 11.1. The molecule has 0 bridgehead atoms. The number of thiophene rings is 1. The molecule has 37 heavy (non-hydrogen) atoms. The van der Waals surface area contributed by atoms with Gasteiger partial charge in [-0.05, 0) is 94.5 Å². The van der Waals surface area contributed by atoms with Crippen LogP contribution in [0.3, 0.4) is 0 Å². The SMILES string of the molecule is O=C(O)CCc1cn(S(=O)(=O)c2ccc(Oc3cc(Cl)cc(Cl)c3)cc2)c2ccc(-c3ccsc3)cc12. The molecule has 0 aliphatic heterocycles. The van der Waals surface area contributed by atoms with Crippen LogP contribution in [0.15, 0.2) is 88.6 Å². The third-order valence-electron chi connectivity index (χ3n) is 5.77. The first kappa shape index (κ1) is 25.4. The minimum atomic E-state index is -3.98. The molecule has 0 spiro atoms. The Morgan fingerprint density at radius 1 is 0.919 bits per heavy atom. The van der Waals surface area contributed by atoms with Gasteiger partial charge in [0.15, 0.2) is 0 Å². The summed E-state index contributed by atoms with van der Waals surface area (Å²) in [6.45, 7) is 0. The smallest absolute Gasteiger partial charge is 0.303 e. The molecule has 0 radical (unpaired) electrons. The minimum absolute atomic E-state index is 0.0626. The van der Waals surface area contributed by atoms with Gasteiger partial charge < -0.3 is 9.84 Å². The van der Waals surface area contributed by atoms with Crippen molar-refractivity contribution >= 4 is 61.4 Å². The van der Waals surface area contributed by atoms with Gasteiger partial charge >= 0.3 is 5.97 Å². The number of aryl methyl sites for hydroxylation is 1. The summed E-state index contributed by atoms with van der Waals surface area (Å²) in [5.74, 6) is -0.111. The van der Waals surface area contributed by atoms with E-state index < -0.39 is 16.0 Å². The van der Waals surface area contributed by atoms with Gasteiger partial charge in [0, 0.05) is 28.0 Å². The summed E-state index contributed by atoms with van der Waals surface area (Å²) in [6.07, 6.45) is 1.61. The Kier molecular flexibility index (Phi) is 7.00. The zero-order chi connectivity index (χ0) is 26.2. The fourth-order valence-corrected chi connectivity index (χ4v) is 6.59. The lowest BCUT2D eigenvalue weighted by atomic mass is 10.0. The maximum absolute atomic E-state index is 13.6. The molecule has 10 heteroatoms. The number of aromatic nitrogens is 1. The molecule has 0 saturated carbocycles. The summed E-state index contributed by atoms with van der Waals surface area (Å²) >= 11 is 13.6. The van der Waals surface area contributed by atoms with Gasteiger partial charge in [-0.2, -0.15) is 11.3 Å². The van der Waals surface area contributed by atoms with Crippen molar-refractivity contribution in [2.45, 2.75) is 17.7 Å². The van der Waals surface area contributed by atoms with Gasteiger partial charge in [-0.1, -0.05) is 29.3 Å². The Bertz CT molecular complexity index is 1690. The van der Waals surface area contributed by atoms with Crippen molar-refractivity contribution in [3.05, 3.63) is 99.3 Å². The number of carboxylic acids is 1. The van der Waals surface area contributed by atoms with Crippen LogP contribution in [0.25, 0.3) is 22.0 Å². The lowest BCUT2D eigenvalue weighted by Crippen LogP contribution is -2.11. The van der Waals surface area contributed by atoms with E-state index in [1.807, 2.05) is 29.0 Å². The highest BCUT2D eigenvalue weighted by molar-refractivity contribution is 7.90. The highest BCUT2D eigenvalue weighted by atomic mass is 35.5. The van der Waals surface area contributed by atoms with Gasteiger partial charge in [0.2, 0.25) is 0 Å². The largest absolute Gasteiger partial charge is 0.481 e. The van der Waals surface area contributed by atoms with Crippen LogP contribution in [-0.2, 0) is 21.2 Å². The minimum Gasteiger partial charge on any atom is -0.481 e. The standard InChI is InChI=1S/C27H19Cl2NO5S2/c28-20-12-21(29)14-23(13-20)35-22-3-5-24(6-4-22)37(33,34)30-15-18(2-8-27(31)32)25-11-17(1-7-26(25)30)19-9-10-36-16-19/h1,3-7,9-16H,2,8H2,(H,31,32). The molecule has 0 aliphatic carbocycles.